The highest BCUT2D eigenvalue weighted by Gasteiger charge is 2.39. The number of benzene rings is 1. The minimum atomic E-state index is -0.625. The normalized spacial score (nSPS) is 17.6. The van der Waals surface area contributed by atoms with Gasteiger partial charge in [0.05, 0.1) is 7.11 Å². The van der Waals surface area contributed by atoms with Gasteiger partial charge in [-0.3, -0.25) is 9.59 Å². The molecule has 0 aliphatic carbocycles. The molecule has 1 aromatic carbocycles. The van der Waals surface area contributed by atoms with Crippen LogP contribution in [0.15, 0.2) is 30.3 Å². The van der Waals surface area contributed by atoms with E-state index >= 15 is 0 Å². The molecular weight excluding hydrogens is 344 g/mol. The lowest BCUT2D eigenvalue weighted by molar-refractivity contribution is -0.152. The number of nitrogens with one attached hydrogen (secondary N) is 1. The van der Waals surface area contributed by atoms with Crippen LogP contribution in [0.2, 0.25) is 0 Å². The lowest BCUT2D eigenvalue weighted by Gasteiger charge is -2.29. The maximum absolute atomic E-state index is 13.0. The Labute approximate surface area is 161 Å². The van der Waals surface area contributed by atoms with E-state index in [2.05, 4.69) is 5.32 Å². The highest BCUT2D eigenvalue weighted by molar-refractivity contribution is 5.91. The fourth-order valence-corrected chi connectivity index (χ4v) is 3.45. The SMILES string of the molecule is COC(=O)[C@@H]1CCCN1C(=O)[C@@H](NC(=O)CCCc1ccccc1)C(C)C. The first-order chi connectivity index (χ1) is 12.9. The molecule has 0 saturated carbocycles. The smallest absolute Gasteiger partial charge is 0.328 e. The average Bonchev–Trinajstić information content (AvgIpc) is 3.15. The van der Waals surface area contributed by atoms with E-state index in [1.807, 2.05) is 44.2 Å². The largest absolute Gasteiger partial charge is 0.467 e. The third-order valence-corrected chi connectivity index (χ3v) is 4.97. The van der Waals surface area contributed by atoms with Crippen molar-refractivity contribution in [2.45, 2.75) is 58.0 Å². The third kappa shape index (κ3) is 5.81. The monoisotopic (exact) mass is 374 g/mol. The van der Waals surface area contributed by atoms with Crippen LogP contribution in [0, 0.1) is 5.92 Å². The molecule has 1 saturated heterocycles. The molecule has 0 aromatic heterocycles. The van der Waals surface area contributed by atoms with Crippen LogP contribution >= 0.6 is 0 Å². The summed E-state index contributed by atoms with van der Waals surface area (Å²) in [4.78, 5) is 38.8. The van der Waals surface area contributed by atoms with Crippen LogP contribution in [-0.4, -0.2) is 48.4 Å². The molecular formula is C21H30N2O4. The molecule has 0 bridgehead atoms. The van der Waals surface area contributed by atoms with E-state index in [1.165, 1.54) is 12.7 Å². The number of likely N-dealkylation sites (tertiary alicyclic amines) is 1. The van der Waals surface area contributed by atoms with E-state index in [0.29, 0.717) is 19.4 Å². The minimum Gasteiger partial charge on any atom is -0.467 e. The zero-order chi connectivity index (χ0) is 19.8. The number of nitrogens with zero attached hydrogens (tertiary/aromatic N) is 1. The molecule has 1 heterocycles. The molecule has 2 atom stereocenters. The fourth-order valence-electron chi connectivity index (χ4n) is 3.45. The summed E-state index contributed by atoms with van der Waals surface area (Å²) >= 11 is 0. The molecule has 1 N–H and O–H groups in total. The van der Waals surface area contributed by atoms with E-state index in [4.69, 9.17) is 4.74 Å². The molecule has 1 aliphatic heterocycles. The maximum Gasteiger partial charge on any atom is 0.328 e. The molecule has 1 aromatic rings. The predicted molar refractivity (Wildman–Crippen MR) is 103 cm³/mol. The molecule has 27 heavy (non-hydrogen) atoms. The second kappa shape index (κ2) is 10.1. The molecule has 148 valence electrons. The minimum absolute atomic E-state index is 0.0607. The van der Waals surface area contributed by atoms with Crippen molar-refractivity contribution in [2.75, 3.05) is 13.7 Å². The van der Waals surface area contributed by atoms with E-state index in [0.717, 1.165) is 19.3 Å². The first-order valence-electron chi connectivity index (χ1n) is 9.65. The van der Waals surface area contributed by atoms with Crippen molar-refractivity contribution in [2.24, 2.45) is 5.92 Å². The van der Waals surface area contributed by atoms with Gasteiger partial charge in [0.25, 0.3) is 0 Å². The van der Waals surface area contributed by atoms with Gasteiger partial charge in [-0.05, 0) is 37.2 Å². The topological polar surface area (TPSA) is 75.7 Å². The first-order valence-corrected chi connectivity index (χ1v) is 9.65. The molecule has 1 fully saturated rings. The summed E-state index contributed by atoms with van der Waals surface area (Å²) in [5.41, 5.74) is 1.19. The molecule has 2 amide bonds. The average molecular weight is 374 g/mol. The van der Waals surface area contributed by atoms with Gasteiger partial charge in [-0.15, -0.1) is 0 Å². The third-order valence-electron chi connectivity index (χ3n) is 4.97. The van der Waals surface area contributed by atoms with Crippen molar-refractivity contribution in [3.8, 4) is 0 Å². The summed E-state index contributed by atoms with van der Waals surface area (Å²) in [6, 6.07) is 8.85. The van der Waals surface area contributed by atoms with Crippen LogP contribution < -0.4 is 5.32 Å². The Kier molecular flexibility index (Phi) is 7.82. The highest BCUT2D eigenvalue weighted by atomic mass is 16.5. The molecule has 0 radical (unpaired) electrons. The number of esters is 1. The van der Waals surface area contributed by atoms with Gasteiger partial charge in [0.1, 0.15) is 12.1 Å². The standard InChI is InChI=1S/C21H30N2O4/c1-15(2)19(20(25)23-14-8-12-17(23)21(26)27-3)22-18(24)13-7-11-16-9-5-4-6-10-16/h4-6,9-10,15,17,19H,7-8,11-14H2,1-3H3,(H,22,24)/t17-,19-/m0/s1. The van der Waals surface area contributed by atoms with Crippen LogP contribution in [-0.2, 0) is 25.5 Å². The van der Waals surface area contributed by atoms with Crippen molar-refractivity contribution in [1.82, 2.24) is 10.2 Å². The maximum atomic E-state index is 13.0. The first kappa shape index (κ1) is 20.9. The van der Waals surface area contributed by atoms with Crippen LogP contribution in [0.3, 0.4) is 0 Å². The lowest BCUT2D eigenvalue weighted by Crippen LogP contribution is -2.53. The Hall–Kier alpha value is -2.37. The van der Waals surface area contributed by atoms with Crippen molar-refractivity contribution < 1.29 is 19.1 Å². The lowest BCUT2D eigenvalue weighted by atomic mass is 10.0. The summed E-state index contributed by atoms with van der Waals surface area (Å²) in [7, 11) is 1.33. The van der Waals surface area contributed by atoms with Crippen molar-refractivity contribution >= 4 is 17.8 Å². The number of carbonyl (C=O) groups excluding carboxylic acids is 3. The number of aryl methyl sites for hydroxylation is 1. The summed E-state index contributed by atoms with van der Waals surface area (Å²) in [6.07, 6.45) is 3.29. The quantitative estimate of drug-likeness (QED) is 0.709. The Bertz CT molecular complexity index is 645. The van der Waals surface area contributed by atoms with Gasteiger partial charge in [0.2, 0.25) is 11.8 Å². The Morgan fingerprint density at radius 1 is 1.22 bits per heavy atom. The van der Waals surface area contributed by atoms with Crippen LogP contribution in [0.5, 0.6) is 0 Å². The van der Waals surface area contributed by atoms with Gasteiger partial charge in [0.15, 0.2) is 0 Å². The molecule has 0 spiro atoms. The van der Waals surface area contributed by atoms with Crippen LogP contribution in [0.4, 0.5) is 0 Å². The van der Waals surface area contributed by atoms with E-state index in [-0.39, 0.29) is 17.7 Å². The molecule has 6 heteroatoms. The Morgan fingerprint density at radius 3 is 2.56 bits per heavy atom. The summed E-state index contributed by atoms with van der Waals surface area (Å²) < 4.78 is 4.81. The number of hydrogen-bond donors (Lipinski definition) is 1. The summed E-state index contributed by atoms with van der Waals surface area (Å²) in [5.74, 6) is -0.784. The number of rotatable bonds is 8. The number of hydrogen-bond acceptors (Lipinski definition) is 4. The second-order valence-corrected chi connectivity index (χ2v) is 7.34. The number of methoxy groups -OCH3 is 1. The predicted octanol–water partition coefficient (Wildman–Crippen LogP) is 2.31. The molecule has 1 aliphatic rings. The Morgan fingerprint density at radius 2 is 1.93 bits per heavy atom. The second-order valence-electron chi connectivity index (χ2n) is 7.34. The van der Waals surface area contributed by atoms with E-state index in [9.17, 15) is 14.4 Å². The van der Waals surface area contributed by atoms with Gasteiger partial charge in [-0.1, -0.05) is 44.2 Å². The zero-order valence-corrected chi connectivity index (χ0v) is 16.4. The van der Waals surface area contributed by atoms with E-state index in [1.54, 1.807) is 4.90 Å². The zero-order valence-electron chi connectivity index (χ0n) is 16.4. The number of amides is 2. The highest BCUT2D eigenvalue weighted by Crippen LogP contribution is 2.21. The van der Waals surface area contributed by atoms with Crippen LogP contribution in [0.1, 0.15) is 45.1 Å². The van der Waals surface area contributed by atoms with Gasteiger partial charge in [0, 0.05) is 13.0 Å². The summed E-state index contributed by atoms with van der Waals surface area (Å²) in [6.45, 7) is 4.32. The van der Waals surface area contributed by atoms with Gasteiger partial charge < -0.3 is 15.0 Å². The fraction of sp³-hybridized carbons (Fsp3) is 0.571. The number of ether oxygens (including phenoxy) is 1. The van der Waals surface area contributed by atoms with E-state index < -0.39 is 18.1 Å². The Balaban J connectivity index is 1.91. The van der Waals surface area contributed by atoms with Crippen LogP contribution in [0.25, 0.3) is 0 Å². The van der Waals surface area contributed by atoms with Gasteiger partial charge in [-0.2, -0.15) is 0 Å². The molecule has 0 unspecified atom stereocenters. The van der Waals surface area contributed by atoms with Crippen molar-refractivity contribution in [3.63, 3.8) is 0 Å². The molecule has 6 nitrogen and oxygen atoms in total. The van der Waals surface area contributed by atoms with Crippen molar-refractivity contribution in [3.05, 3.63) is 35.9 Å². The molecule has 2 rings (SSSR count). The van der Waals surface area contributed by atoms with Gasteiger partial charge in [-0.25, -0.2) is 4.79 Å². The van der Waals surface area contributed by atoms with Crippen molar-refractivity contribution in [1.29, 1.82) is 0 Å². The van der Waals surface area contributed by atoms with Gasteiger partial charge >= 0.3 is 5.97 Å². The summed E-state index contributed by atoms with van der Waals surface area (Å²) in [5, 5.41) is 2.87. The number of carbonyl (C=O) groups is 3.